The Kier molecular flexibility index (Phi) is 8.73. The van der Waals surface area contributed by atoms with E-state index in [1.165, 1.54) is 38.1 Å². The van der Waals surface area contributed by atoms with Crippen LogP contribution in [0.4, 0.5) is 8.78 Å². The molecular weight excluding hydrogens is 503 g/mol. The highest BCUT2D eigenvalue weighted by Crippen LogP contribution is 2.67. The maximum atomic E-state index is 14.9. The molecule has 0 bridgehead atoms. The first-order valence-electron chi connectivity index (χ1n) is 9.18. The van der Waals surface area contributed by atoms with E-state index in [0.717, 1.165) is 6.07 Å². The summed E-state index contributed by atoms with van der Waals surface area (Å²) in [6.07, 6.45) is 0.269. The SMILES string of the molecule is CCOP(=O)(OCC)C(F)(F)c1ccc(CCNS(=O)(=O)c2ccccc2)cc1Br. The van der Waals surface area contributed by atoms with Gasteiger partial charge in [0.05, 0.1) is 18.1 Å². The van der Waals surface area contributed by atoms with Crippen molar-refractivity contribution in [1.82, 2.24) is 4.72 Å². The summed E-state index contributed by atoms with van der Waals surface area (Å²) >= 11 is 3.09. The van der Waals surface area contributed by atoms with Crippen LogP contribution in [0.25, 0.3) is 0 Å². The zero-order chi connectivity index (χ0) is 22.4. The van der Waals surface area contributed by atoms with Gasteiger partial charge in [-0.1, -0.05) is 46.3 Å². The van der Waals surface area contributed by atoms with Crippen LogP contribution >= 0.6 is 23.5 Å². The third kappa shape index (κ3) is 5.75. The maximum Gasteiger partial charge on any atom is 0.404 e. The molecule has 0 amide bonds. The predicted octanol–water partition coefficient (Wildman–Crippen LogP) is 5.29. The molecule has 11 heteroatoms. The van der Waals surface area contributed by atoms with E-state index in [4.69, 9.17) is 9.05 Å². The fourth-order valence-electron chi connectivity index (χ4n) is 2.66. The van der Waals surface area contributed by atoms with Crippen molar-refractivity contribution >= 4 is 33.5 Å². The molecule has 0 saturated heterocycles. The molecule has 0 aliphatic carbocycles. The smallest absolute Gasteiger partial charge is 0.304 e. The number of halogens is 3. The van der Waals surface area contributed by atoms with E-state index in [1.807, 2.05) is 0 Å². The fraction of sp³-hybridized carbons (Fsp3) is 0.368. The lowest BCUT2D eigenvalue weighted by molar-refractivity contribution is 0.0354. The number of nitrogens with one attached hydrogen (secondary N) is 1. The van der Waals surface area contributed by atoms with Crippen LogP contribution in [-0.2, 0) is 35.7 Å². The predicted molar refractivity (Wildman–Crippen MR) is 114 cm³/mol. The summed E-state index contributed by atoms with van der Waals surface area (Å²) in [7, 11) is -8.37. The normalized spacial score (nSPS) is 12.8. The van der Waals surface area contributed by atoms with Gasteiger partial charge in [-0.3, -0.25) is 4.57 Å². The van der Waals surface area contributed by atoms with Crippen molar-refractivity contribution < 1.29 is 30.8 Å². The van der Waals surface area contributed by atoms with E-state index in [1.54, 1.807) is 18.2 Å². The van der Waals surface area contributed by atoms with Gasteiger partial charge in [0.15, 0.2) is 0 Å². The second-order valence-electron chi connectivity index (χ2n) is 6.15. The minimum Gasteiger partial charge on any atom is -0.304 e. The van der Waals surface area contributed by atoms with Crippen molar-refractivity contribution in [1.29, 1.82) is 0 Å². The number of hydrogen-bond donors (Lipinski definition) is 1. The van der Waals surface area contributed by atoms with Crippen LogP contribution in [0.1, 0.15) is 25.0 Å². The minimum atomic E-state index is -4.72. The Labute approximate surface area is 183 Å². The minimum absolute atomic E-state index is 0.0237. The van der Waals surface area contributed by atoms with Crippen molar-refractivity contribution in [2.45, 2.75) is 30.8 Å². The van der Waals surface area contributed by atoms with Gasteiger partial charge >= 0.3 is 13.3 Å². The summed E-state index contributed by atoms with van der Waals surface area (Å²) in [4.78, 5) is 0.142. The largest absolute Gasteiger partial charge is 0.404 e. The first-order valence-corrected chi connectivity index (χ1v) is 13.0. The van der Waals surface area contributed by atoms with Gasteiger partial charge in [-0.2, -0.15) is 8.78 Å². The molecule has 2 aromatic rings. The average Bonchev–Trinajstić information content (AvgIpc) is 2.68. The molecule has 166 valence electrons. The molecule has 0 heterocycles. The van der Waals surface area contributed by atoms with E-state index >= 15 is 0 Å². The van der Waals surface area contributed by atoms with Gasteiger partial charge in [0.1, 0.15) is 0 Å². The highest BCUT2D eigenvalue weighted by atomic mass is 79.9. The van der Waals surface area contributed by atoms with Gasteiger partial charge in [-0.05, 0) is 44.0 Å². The zero-order valence-electron chi connectivity index (χ0n) is 16.5. The molecule has 0 spiro atoms. The van der Waals surface area contributed by atoms with Crippen LogP contribution in [0, 0.1) is 0 Å². The van der Waals surface area contributed by atoms with Gasteiger partial charge < -0.3 is 9.05 Å². The van der Waals surface area contributed by atoms with Crippen LogP contribution in [0.3, 0.4) is 0 Å². The Morgan fingerprint density at radius 3 is 2.20 bits per heavy atom. The highest BCUT2D eigenvalue weighted by Gasteiger charge is 2.55. The van der Waals surface area contributed by atoms with Crippen LogP contribution in [0.5, 0.6) is 0 Å². The quantitative estimate of drug-likeness (QED) is 0.403. The molecule has 0 atom stereocenters. The van der Waals surface area contributed by atoms with Crippen LogP contribution in [0.2, 0.25) is 0 Å². The topological polar surface area (TPSA) is 81.7 Å². The van der Waals surface area contributed by atoms with Crippen LogP contribution in [-0.4, -0.2) is 28.2 Å². The van der Waals surface area contributed by atoms with Gasteiger partial charge in [-0.15, -0.1) is 0 Å². The Balaban J connectivity index is 2.14. The molecular formula is C19H23BrF2NO5PS. The summed E-state index contributed by atoms with van der Waals surface area (Å²) in [5.41, 5.74) is -3.77. The average molecular weight is 526 g/mol. The second kappa shape index (κ2) is 10.4. The lowest BCUT2D eigenvalue weighted by Crippen LogP contribution is -2.26. The number of rotatable bonds is 11. The van der Waals surface area contributed by atoms with Crippen LogP contribution in [0.15, 0.2) is 57.9 Å². The van der Waals surface area contributed by atoms with E-state index in [2.05, 4.69) is 20.7 Å². The molecule has 1 N–H and O–H groups in total. The number of benzene rings is 2. The molecule has 2 rings (SSSR count). The molecule has 0 aliphatic rings. The molecule has 0 saturated carbocycles. The Morgan fingerprint density at radius 2 is 1.67 bits per heavy atom. The Bertz CT molecular complexity index is 995. The number of hydrogen-bond acceptors (Lipinski definition) is 5. The molecule has 0 unspecified atom stereocenters. The van der Waals surface area contributed by atoms with Crippen molar-refractivity contribution in [3.63, 3.8) is 0 Å². The Hall–Kier alpha value is -1.16. The molecule has 6 nitrogen and oxygen atoms in total. The van der Waals surface area contributed by atoms with Crippen molar-refractivity contribution in [3.8, 4) is 0 Å². The van der Waals surface area contributed by atoms with E-state index in [0.29, 0.717) is 5.56 Å². The van der Waals surface area contributed by atoms with Gasteiger partial charge in [0, 0.05) is 16.6 Å². The summed E-state index contributed by atoms with van der Waals surface area (Å²) in [5, 5.41) is 0. The van der Waals surface area contributed by atoms with E-state index in [-0.39, 0.29) is 35.5 Å². The maximum absolute atomic E-state index is 14.9. The van der Waals surface area contributed by atoms with Gasteiger partial charge in [0.25, 0.3) is 0 Å². The lowest BCUT2D eigenvalue weighted by Gasteiger charge is -2.26. The van der Waals surface area contributed by atoms with E-state index in [9.17, 15) is 21.8 Å². The lowest BCUT2D eigenvalue weighted by atomic mass is 10.1. The fourth-order valence-corrected chi connectivity index (χ4v) is 6.11. The summed E-state index contributed by atoms with van der Waals surface area (Å²) in [6, 6.07) is 11.9. The first-order chi connectivity index (χ1) is 14.1. The monoisotopic (exact) mass is 525 g/mol. The van der Waals surface area contributed by atoms with Crippen molar-refractivity contribution in [3.05, 3.63) is 64.1 Å². The third-order valence-electron chi connectivity index (χ3n) is 4.06. The highest BCUT2D eigenvalue weighted by molar-refractivity contribution is 9.10. The first kappa shape index (κ1) is 25.1. The third-order valence-corrected chi connectivity index (χ3v) is 8.32. The Morgan fingerprint density at radius 1 is 1.07 bits per heavy atom. The van der Waals surface area contributed by atoms with Gasteiger partial charge in [0.2, 0.25) is 10.0 Å². The molecule has 2 aromatic carbocycles. The molecule has 0 aliphatic heterocycles. The second-order valence-corrected chi connectivity index (χ2v) is 10.8. The number of alkyl halides is 2. The van der Waals surface area contributed by atoms with Crippen molar-refractivity contribution in [2.75, 3.05) is 19.8 Å². The standard InChI is InChI=1S/C19H23BrF2NO5PS/c1-3-27-29(24,28-4-2)19(21,22)17-11-10-15(14-18(17)20)12-13-23-30(25,26)16-8-6-5-7-9-16/h5-11,14,23H,3-4,12-13H2,1-2H3. The van der Waals surface area contributed by atoms with Crippen LogP contribution < -0.4 is 4.72 Å². The summed E-state index contributed by atoms with van der Waals surface area (Å²) < 4.78 is 79.0. The van der Waals surface area contributed by atoms with Crippen molar-refractivity contribution in [2.24, 2.45) is 0 Å². The molecule has 0 aromatic heterocycles. The molecule has 0 radical (unpaired) electrons. The molecule has 0 fully saturated rings. The summed E-state index contributed by atoms with van der Waals surface area (Å²) in [5.74, 6) is 0. The van der Waals surface area contributed by atoms with E-state index < -0.39 is 28.8 Å². The molecule has 30 heavy (non-hydrogen) atoms. The summed E-state index contributed by atoms with van der Waals surface area (Å²) in [6.45, 7) is 2.61. The zero-order valence-corrected chi connectivity index (χ0v) is 19.8. The number of sulfonamides is 1. The van der Waals surface area contributed by atoms with Gasteiger partial charge in [-0.25, -0.2) is 13.1 Å².